The zero-order valence-corrected chi connectivity index (χ0v) is 13.9. The zero-order valence-electron chi connectivity index (χ0n) is 10.8. The van der Waals surface area contributed by atoms with Crippen molar-refractivity contribution in [3.63, 3.8) is 0 Å². The van der Waals surface area contributed by atoms with E-state index in [1.54, 1.807) is 12.1 Å². The van der Waals surface area contributed by atoms with Crippen molar-refractivity contribution in [1.82, 2.24) is 0 Å². The van der Waals surface area contributed by atoms with Gasteiger partial charge in [0.25, 0.3) is 5.91 Å². The first kappa shape index (κ1) is 15.8. The van der Waals surface area contributed by atoms with Crippen LogP contribution in [-0.4, -0.2) is 16.8 Å². The molecule has 0 bridgehead atoms. The SMILES string of the molecule is O=C(CC1(O)C(=O)Nc2cc(Cl)cc(Cl)c21)c1ccc(Cl)s1. The maximum absolute atomic E-state index is 12.3. The number of carbonyl (C=O) groups excluding carboxylic acids is 2. The van der Waals surface area contributed by atoms with Crippen LogP contribution in [0.5, 0.6) is 0 Å². The Morgan fingerprint density at radius 2 is 2.00 bits per heavy atom. The summed E-state index contributed by atoms with van der Waals surface area (Å²) in [6.45, 7) is 0. The molecule has 1 unspecified atom stereocenters. The Labute approximate surface area is 144 Å². The van der Waals surface area contributed by atoms with Gasteiger partial charge in [0.2, 0.25) is 0 Å². The molecule has 2 heterocycles. The summed E-state index contributed by atoms with van der Waals surface area (Å²) in [6, 6.07) is 6.03. The van der Waals surface area contributed by atoms with Gasteiger partial charge in [-0.25, -0.2) is 0 Å². The van der Waals surface area contributed by atoms with Crippen molar-refractivity contribution >= 4 is 63.5 Å². The van der Waals surface area contributed by atoms with Gasteiger partial charge in [-0.1, -0.05) is 34.8 Å². The number of amides is 1. The molecular formula is C14H8Cl3NO3S. The quantitative estimate of drug-likeness (QED) is 0.792. The lowest BCUT2D eigenvalue weighted by Gasteiger charge is -2.20. The molecule has 0 spiro atoms. The molecule has 22 heavy (non-hydrogen) atoms. The van der Waals surface area contributed by atoms with Gasteiger partial charge in [0, 0.05) is 10.6 Å². The normalized spacial score (nSPS) is 19.9. The lowest BCUT2D eigenvalue weighted by Crippen LogP contribution is -2.36. The van der Waals surface area contributed by atoms with E-state index in [2.05, 4.69) is 5.32 Å². The first-order valence-corrected chi connectivity index (χ1v) is 8.08. The average Bonchev–Trinajstić information content (AvgIpc) is 2.93. The summed E-state index contributed by atoms with van der Waals surface area (Å²) in [7, 11) is 0. The Morgan fingerprint density at radius 3 is 2.64 bits per heavy atom. The fourth-order valence-electron chi connectivity index (χ4n) is 2.38. The van der Waals surface area contributed by atoms with Crippen molar-refractivity contribution in [1.29, 1.82) is 0 Å². The highest BCUT2D eigenvalue weighted by atomic mass is 35.5. The Kier molecular flexibility index (Phi) is 3.95. The van der Waals surface area contributed by atoms with Crippen molar-refractivity contribution in [2.45, 2.75) is 12.0 Å². The Bertz CT molecular complexity index is 805. The molecule has 1 amide bonds. The molecule has 1 aromatic heterocycles. The van der Waals surface area contributed by atoms with Gasteiger partial charge in [-0.15, -0.1) is 11.3 Å². The van der Waals surface area contributed by atoms with Crippen LogP contribution in [0, 0.1) is 0 Å². The van der Waals surface area contributed by atoms with E-state index in [4.69, 9.17) is 34.8 Å². The van der Waals surface area contributed by atoms with Gasteiger partial charge >= 0.3 is 0 Å². The smallest absolute Gasteiger partial charge is 0.261 e. The van der Waals surface area contributed by atoms with E-state index in [0.717, 1.165) is 11.3 Å². The number of halogens is 3. The van der Waals surface area contributed by atoms with E-state index in [-0.39, 0.29) is 10.6 Å². The minimum atomic E-state index is -2.02. The fraction of sp³-hybridized carbons (Fsp3) is 0.143. The van der Waals surface area contributed by atoms with E-state index < -0.39 is 23.7 Å². The summed E-state index contributed by atoms with van der Waals surface area (Å²) in [5, 5.41) is 13.7. The van der Waals surface area contributed by atoms with E-state index in [1.165, 1.54) is 12.1 Å². The van der Waals surface area contributed by atoms with Crippen LogP contribution in [0.25, 0.3) is 0 Å². The zero-order chi connectivity index (χ0) is 16.1. The molecule has 8 heteroatoms. The van der Waals surface area contributed by atoms with E-state index in [9.17, 15) is 14.7 Å². The minimum Gasteiger partial charge on any atom is -0.375 e. The average molecular weight is 377 g/mol. The third-order valence-electron chi connectivity index (χ3n) is 3.36. The molecule has 1 aromatic carbocycles. The Balaban J connectivity index is 2.00. The lowest BCUT2D eigenvalue weighted by molar-refractivity contribution is -0.133. The molecule has 0 aliphatic carbocycles. The van der Waals surface area contributed by atoms with Gasteiger partial charge < -0.3 is 10.4 Å². The van der Waals surface area contributed by atoms with Crippen LogP contribution in [0.4, 0.5) is 5.69 Å². The second-order valence-electron chi connectivity index (χ2n) is 4.83. The number of ketones is 1. The molecule has 1 aliphatic rings. The number of hydrogen-bond donors (Lipinski definition) is 2. The molecule has 114 valence electrons. The van der Waals surface area contributed by atoms with Crippen molar-refractivity contribution in [2.75, 3.05) is 5.32 Å². The summed E-state index contributed by atoms with van der Waals surface area (Å²) in [5.41, 5.74) is -1.55. The monoisotopic (exact) mass is 375 g/mol. The van der Waals surface area contributed by atoms with E-state index in [1.807, 2.05) is 0 Å². The highest BCUT2D eigenvalue weighted by Crippen LogP contribution is 2.45. The van der Waals surface area contributed by atoms with E-state index in [0.29, 0.717) is 19.9 Å². The Hall–Kier alpha value is -1.11. The van der Waals surface area contributed by atoms with Crippen LogP contribution in [0.2, 0.25) is 14.4 Å². The molecule has 2 N–H and O–H groups in total. The molecule has 4 nitrogen and oxygen atoms in total. The predicted octanol–water partition coefficient (Wildman–Crippen LogP) is 4.12. The molecular weight excluding hydrogens is 369 g/mol. The molecule has 0 saturated carbocycles. The summed E-state index contributed by atoms with van der Waals surface area (Å²) in [5.74, 6) is -1.10. The lowest BCUT2D eigenvalue weighted by atomic mass is 9.89. The van der Waals surface area contributed by atoms with Crippen LogP contribution >= 0.6 is 46.1 Å². The number of carbonyl (C=O) groups is 2. The topological polar surface area (TPSA) is 66.4 Å². The number of fused-ring (bicyclic) bond motifs is 1. The number of hydrogen-bond acceptors (Lipinski definition) is 4. The summed E-state index contributed by atoms with van der Waals surface area (Å²) >= 11 is 18.9. The third kappa shape index (κ3) is 2.53. The number of nitrogens with one attached hydrogen (secondary N) is 1. The number of aliphatic hydroxyl groups is 1. The number of rotatable bonds is 3. The number of Topliss-reactive ketones (excluding diaryl/α,β-unsaturated/α-hetero) is 1. The van der Waals surface area contributed by atoms with E-state index >= 15 is 0 Å². The van der Waals surface area contributed by atoms with Crippen molar-refractivity contribution in [3.8, 4) is 0 Å². The molecule has 3 rings (SSSR count). The van der Waals surface area contributed by atoms with Crippen molar-refractivity contribution < 1.29 is 14.7 Å². The van der Waals surface area contributed by atoms with Gasteiger partial charge in [0.15, 0.2) is 11.4 Å². The van der Waals surface area contributed by atoms with Crippen LogP contribution in [0.1, 0.15) is 21.7 Å². The number of thiophene rings is 1. The van der Waals surface area contributed by atoms with Crippen LogP contribution in [0.3, 0.4) is 0 Å². The number of anilines is 1. The summed E-state index contributed by atoms with van der Waals surface area (Å²) in [4.78, 5) is 24.8. The highest BCUT2D eigenvalue weighted by molar-refractivity contribution is 7.18. The molecule has 0 fully saturated rings. The minimum absolute atomic E-state index is 0.125. The Morgan fingerprint density at radius 1 is 1.27 bits per heavy atom. The molecule has 1 aliphatic heterocycles. The second-order valence-corrected chi connectivity index (χ2v) is 7.39. The van der Waals surface area contributed by atoms with Crippen LogP contribution in [-0.2, 0) is 10.4 Å². The van der Waals surface area contributed by atoms with Crippen molar-refractivity contribution in [2.24, 2.45) is 0 Å². The summed E-state index contributed by atoms with van der Waals surface area (Å²) in [6.07, 6.45) is -0.427. The predicted molar refractivity (Wildman–Crippen MR) is 87.3 cm³/mol. The van der Waals surface area contributed by atoms with Crippen molar-refractivity contribution in [3.05, 3.63) is 49.1 Å². The first-order chi connectivity index (χ1) is 10.3. The number of benzene rings is 1. The van der Waals surface area contributed by atoms with Gasteiger partial charge in [-0.3, -0.25) is 9.59 Å². The second kappa shape index (κ2) is 5.51. The van der Waals surface area contributed by atoms with Gasteiger partial charge in [0.1, 0.15) is 0 Å². The standard InChI is InChI=1S/C14H8Cl3NO3S/c15-6-3-7(16)12-8(4-6)18-13(20)14(12,21)5-9(19)10-1-2-11(17)22-10/h1-4,21H,5H2,(H,18,20). The fourth-order valence-corrected chi connectivity index (χ4v) is 4.01. The maximum atomic E-state index is 12.3. The third-order valence-corrected chi connectivity index (χ3v) is 5.15. The molecule has 0 radical (unpaired) electrons. The van der Waals surface area contributed by atoms with Crippen LogP contribution < -0.4 is 5.32 Å². The molecule has 0 saturated heterocycles. The van der Waals surface area contributed by atoms with Crippen LogP contribution in [0.15, 0.2) is 24.3 Å². The summed E-state index contributed by atoms with van der Waals surface area (Å²) < 4.78 is 0.455. The highest BCUT2D eigenvalue weighted by Gasteiger charge is 2.48. The molecule has 1 atom stereocenters. The van der Waals surface area contributed by atoms with Gasteiger partial charge in [-0.05, 0) is 24.3 Å². The maximum Gasteiger partial charge on any atom is 0.261 e. The first-order valence-electron chi connectivity index (χ1n) is 6.13. The largest absolute Gasteiger partial charge is 0.375 e. The van der Waals surface area contributed by atoms with Gasteiger partial charge in [0.05, 0.1) is 26.3 Å². The van der Waals surface area contributed by atoms with Gasteiger partial charge in [-0.2, -0.15) is 0 Å². The molecule has 2 aromatic rings.